The van der Waals surface area contributed by atoms with Gasteiger partial charge in [0.1, 0.15) is 5.60 Å². The molecule has 0 saturated carbocycles. The van der Waals surface area contributed by atoms with Crippen LogP contribution in [-0.4, -0.2) is 67.4 Å². The molecule has 2 fully saturated rings. The number of morpholine rings is 1. The van der Waals surface area contributed by atoms with Gasteiger partial charge in [0.15, 0.2) is 0 Å². The van der Waals surface area contributed by atoms with E-state index in [0.29, 0.717) is 0 Å². The van der Waals surface area contributed by atoms with Crippen LogP contribution in [0.2, 0.25) is 0 Å². The lowest BCUT2D eigenvalue weighted by Gasteiger charge is -2.33. The van der Waals surface area contributed by atoms with Gasteiger partial charge >= 0.3 is 6.09 Å². The van der Waals surface area contributed by atoms with Gasteiger partial charge in [0.2, 0.25) is 0 Å². The van der Waals surface area contributed by atoms with Crippen molar-refractivity contribution in [1.82, 2.24) is 9.80 Å². The van der Waals surface area contributed by atoms with Gasteiger partial charge in [-0.05, 0) is 52.5 Å². The monoisotopic (exact) mass is 326 g/mol. The zero-order valence-electron chi connectivity index (χ0n) is 15.2. The van der Waals surface area contributed by atoms with Crippen LogP contribution in [-0.2, 0) is 9.47 Å². The summed E-state index contributed by atoms with van der Waals surface area (Å²) in [6, 6.07) is 0. The summed E-state index contributed by atoms with van der Waals surface area (Å²) >= 11 is 0. The fourth-order valence-electron chi connectivity index (χ4n) is 3.32. The molecule has 0 aromatic carbocycles. The maximum Gasteiger partial charge on any atom is 0.410 e. The Balaban J connectivity index is 1.55. The SMILES string of the molecule is CC(C)(C)OC(=O)N1CCC(CCCCN2CCOCC2)CC1. The molecule has 2 saturated heterocycles. The summed E-state index contributed by atoms with van der Waals surface area (Å²) in [7, 11) is 0. The molecule has 0 unspecified atom stereocenters. The van der Waals surface area contributed by atoms with Crippen LogP contribution in [0.5, 0.6) is 0 Å². The molecule has 134 valence electrons. The van der Waals surface area contributed by atoms with E-state index in [2.05, 4.69) is 4.90 Å². The summed E-state index contributed by atoms with van der Waals surface area (Å²) < 4.78 is 10.8. The minimum atomic E-state index is -0.395. The maximum absolute atomic E-state index is 12.0. The van der Waals surface area contributed by atoms with Crippen LogP contribution in [0.25, 0.3) is 0 Å². The van der Waals surface area contributed by atoms with Crippen molar-refractivity contribution in [3.8, 4) is 0 Å². The van der Waals surface area contributed by atoms with Crippen molar-refractivity contribution in [2.75, 3.05) is 45.9 Å². The smallest absolute Gasteiger partial charge is 0.410 e. The summed E-state index contributed by atoms with van der Waals surface area (Å²) in [6.45, 7) is 12.6. The zero-order valence-corrected chi connectivity index (χ0v) is 15.2. The lowest BCUT2D eigenvalue weighted by atomic mass is 9.91. The average Bonchev–Trinajstić information content (AvgIpc) is 2.51. The lowest BCUT2D eigenvalue weighted by molar-refractivity contribution is 0.0178. The van der Waals surface area contributed by atoms with E-state index in [-0.39, 0.29) is 6.09 Å². The van der Waals surface area contributed by atoms with Crippen LogP contribution in [0.15, 0.2) is 0 Å². The van der Waals surface area contributed by atoms with Crippen molar-refractivity contribution in [2.45, 2.75) is 58.5 Å². The Morgan fingerprint density at radius 1 is 1.09 bits per heavy atom. The highest BCUT2D eigenvalue weighted by Crippen LogP contribution is 2.24. The van der Waals surface area contributed by atoms with Gasteiger partial charge in [0, 0.05) is 26.2 Å². The molecule has 0 aliphatic carbocycles. The predicted octanol–water partition coefficient (Wildman–Crippen LogP) is 3.14. The van der Waals surface area contributed by atoms with Crippen molar-refractivity contribution < 1.29 is 14.3 Å². The molecule has 2 rings (SSSR count). The number of nitrogens with zero attached hydrogens (tertiary/aromatic N) is 2. The van der Waals surface area contributed by atoms with Crippen LogP contribution < -0.4 is 0 Å². The number of piperidine rings is 1. The Bertz CT molecular complexity index is 354. The third kappa shape index (κ3) is 7.08. The highest BCUT2D eigenvalue weighted by molar-refractivity contribution is 5.68. The fourth-order valence-corrected chi connectivity index (χ4v) is 3.32. The van der Waals surface area contributed by atoms with E-state index in [1.54, 1.807) is 0 Å². The molecule has 5 nitrogen and oxygen atoms in total. The molecule has 2 aliphatic heterocycles. The van der Waals surface area contributed by atoms with Crippen LogP contribution in [0.1, 0.15) is 52.9 Å². The van der Waals surface area contributed by atoms with Crippen molar-refractivity contribution in [1.29, 1.82) is 0 Å². The average molecular weight is 326 g/mol. The molecule has 0 bridgehead atoms. The molecule has 0 N–H and O–H groups in total. The van der Waals surface area contributed by atoms with Gasteiger partial charge in [-0.1, -0.05) is 12.8 Å². The Kier molecular flexibility index (Phi) is 7.15. The van der Waals surface area contributed by atoms with Crippen LogP contribution >= 0.6 is 0 Å². The molecule has 0 aromatic heterocycles. The number of likely N-dealkylation sites (tertiary alicyclic amines) is 1. The first kappa shape index (κ1) is 18.5. The number of carbonyl (C=O) groups excluding carboxylic acids is 1. The van der Waals surface area contributed by atoms with E-state index in [4.69, 9.17) is 9.47 Å². The maximum atomic E-state index is 12.0. The second-order valence-electron chi connectivity index (χ2n) is 7.86. The molecular formula is C18H34N2O3. The van der Waals surface area contributed by atoms with Crippen LogP contribution in [0, 0.1) is 5.92 Å². The fraction of sp³-hybridized carbons (Fsp3) is 0.944. The topological polar surface area (TPSA) is 42.0 Å². The van der Waals surface area contributed by atoms with Gasteiger partial charge in [-0.15, -0.1) is 0 Å². The summed E-state index contributed by atoms with van der Waals surface area (Å²) in [5.41, 5.74) is -0.395. The molecule has 5 heteroatoms. The van der Waals surface area contributed by atoms with Gasteiger partial charge in [0.25, 0.3) is 0 Å². The summed E-state index contributed by atoms with van der Waals surface area (Å²) in [6.07, 6.45) is 5.98. The Morgan fingerprint density at radius 2 is 1.74 bits per heavy atom. The molecule has 23 heavy (non-hydrogen) atoms. The standard InChI is InChI=1S/C18H34N2O3/c1-18(2,3)23-17(21)20-10-7-16(8-11-20)6-4-5-9-19-12-14-22-15-13-19/h16H,4-15H2,1-3H3. The minimum absolute atomic E-state index is 0.150. The molecule has 2 aliphatic rings. The van der Waals surface area contributed by atoms with E-state index < -0.39 is 5.60 Å². The first-order valence-electron chi connectivity index (χ1n) is 9.22. The Morgan fingerprint density at radius 3 is 2.35 bits per heavy atom. The number of amides is 1. The first-order chi connectivity index (χ1) is 10.9. The largest absolute Gasteiger partial charge is 0.444 e. The van der Waals surface area contributed by atoms with E-state index in [1.165, 1.54) is 25.8 Å². The highest BCUT2D eigenvalue weighted by Gasteiger charge is 2.26. The molecule has 2 heterocycles. The van der Waals surface area contributed by atoms with Crippen molar-refractivity contribution in [3.05, 3.63) is 0 Å². The second-order valence-corrected chi connectivity index (χ2v) is 7.86. The van der Waals surface area contributed by atoms with Gasteiger partial charge in [0.05, 0.1) is 13.2 Å². The van der Waals surface area contributed by atoms with E-state index in [1.807, 2.05) is 25.7 Å². The van der Waals surface area contributed by atoms with Gasteiger partial charge in [-0.3, -0.25) is 4.90 Å². The van der Waals surface area contributed by atoms with Crippen molar-refractivity contribution in [2.24, 2.45) is 5.92 Å². The van der Waals surface area contributed by atoms with Crippen LogP contribution in [0.3, 0.4) is 0 Å². The summed E-state index contributed by atoms with van der Waals surface area (Å²) in [5.74, 6) is 0.776. The Labute approximate surface area is 141 Å². The molecular weight excluding hydrogens is 292 g/mol. The minimum Gasteiger partial charge on any atom is -0.444 e. The zero-order chi connectivity index (χ0) is 16.7. The number of ether oxygens (including phenoxy) is 2. The molecule has 1 amide bonds. The number of hydrogen-bond donors (Lipinski definition) is 0. The number of rotatable bonds is 5. The van der Waals surface area contributed by atoms with Gasteiger partial charge < -0.3 is 14.4 Å². The number of unbranched alkanes of at least 4 members (excludes halogenated alkanes) is 1. The number of carbonyl (C=O) groups is 1. The normalized spacial score (nSPS) is 21.4. The van der Waals surface area contributed by atoms with Crippen LogP contribution in [0.4, 0.5) is 4.79 Å². The molecule has 0 aromatic rings. The lowest BCUT2D eigenvalue weighted by Crippen LogP contribution is -2.41. The van der Waals surface area contributed by atoms with E-state index >= 15 is 0 Å². The second kappa shape index (κ2) is 8.88. The third-order valence-corrected chi connectivity index (χ3v) is 4.71. The molecule has 0 radical (unpaired) electrons. The van der Waals surface area contributed by atoms with Crippen molar-refractivity contribution in [3.63, 3.8) is 0 Å². The van der Waals surface area contributed by atoms with E-state index in [0.717, 1.165) is 58.2 Å². The summed E-state index contributed by atoms with van der Waals surface area (Å²) in [4.78, 5) is 16.4. The predicted molar refractivity (Wildman–Crippen MR) is 91.6 cm³/mol. The first-order valence-corrected chi connectivity index (χ1v) is 9.22. The third-order valence-electron chi connectivity index (χ3n) is 4.71. The number of hydrogen-bond acceptors (Lipinski definition) is 4. The molecule has 0 atom stereocenters. The van der Waals surface area contributed by atoms with Crippen molar-refractivity contribution >= 4 is 6.09 Å². The van der Waals surface area contributed by atoms with E-state index in [9.17, 15) is 4.79 Å². The molecule has 0 spiro atoms. The summed E-state index contributed by atoms with van der Waals surface area (Å²) in [5, 5.41) is 0. The van der Waals surface area contributed by atoms with Gasteiger partial charge in [-0.2, -0.15) is 0 Å². The Hall–Kier alpha value is -0.810. The highest BCUT2D eigenvalue weighted by atomic mass is 16.6. The quantitative estimate of drug-likeness (QED) is 0.728. The van der Waals surface area contributed by atoms with Gasteiger partial charge in [-0.25, -0.2) is 4.79 Å².